The number of ether oxygens (including phenoxy) is 1. The molecule has 0 atom stereocenters. The lowest BCUT2D eigenvalue weighted by molar-refractivity contribution is 0.306. The maximum absolute atomic E-state index is 12.3. The number of hydrogen-bond acceptors (Lipinski definition) is 4. The third kappa shape index (κ3) is 4.23. The Morgan fingerprint density at radius 3 is 2.66 bits per heavy atom. The van der Waals surface area contributed by atoms with E-state index < -0.39 is 0 Å². The number of benzene rings is 3. The van der Waals surface area contributed by atoms with Gasteiger partial charge in [-0.15, -0.1) is 0 Å². The molecule has 0 aliphatic carbocycles. The highest BCUT2D eigenvalue weighted by atomic mass is 16.5. The van der Waals surface area contributed by atoms with Gasteiger partial charge < -0.3 is 9.72 Å². The summed E-state index contributed by atoms with van der Waals surface area (Å²) in [7, 11) is 0. The van der Waals surface area contributed by atoms with Crippen molar-refractivity contribution in [2.24, 2.45) is 0 Å². The van der Waals surface area contributed by atoms with Crippen molar-refractivity contribution in [1.29, 1.82) is 5.26 Å². The van der Waals surface area contributed by atoms with Gasteiger partial charge in [-0.1, -0.05) is 54.6 Å². The lowest BCUT2D eigenvalue weighted by atomic mass is 10.1. The first-order chi connectivity index (χ1) is 14.2. The number of allylic oxidation sites excluding steroid dienone is 1. The first-order valence-electron chi connectivity index (χ1n) is 9.11. The standard InChI is InChI=1S/C24H17N3O2/c25-15-19(23-26-22-12-5-4-11-21(22)24(28)27-23)13-18-9-6-10-20(14-18)29-16-17-7-2-1-3-8-17/h1-14H,16H2,(H,26,27,28). The summed E-state index contributed by atoms with van der Waals surface area (Å²) < 4.78 is 5.84. The Hall–Kier alpha value is -4.17. The average Bonchev–Trinajstić information content (AvgIpc) is 2.77. The quantitative estimate of drug-likeness (QED) is 0.515. The molecule has 0 saturated heterocycles. The third-order valence-electron chi connectivity index (χ3n) is 4.41. The van der Waals surface area contributed by atoms with Crippen LogP contribution in [0.2, 0.25) is 0 Å². The molecule has 0 radical (unpaired) electrons. The van der Waals surface area contributed by atoms with Crippen molar-refractivity contribution in [3.05, 3.63) is 106 Å². The van der Waals surface area contributed by atoms with Crippen molar-refractivity contribution < 1.29 is 4.74 Å². The van der Waals surface area contributed by atoms with Crippen molar-refractivity contribution >= 4 is 22.6 Å². The number of nitrogens with zero attached hydrogens (tertiary/aromatic N) is 2. The smallest absolute Gasteiger partial charge is 0.259 e. The first-order valence-corrected chi connectivity index (χ1v) is 9.11. The number of aromatic amines is 1. The Bertz CT molecular complexity index is 1280. The fraction of sp³-hybridized carbons (Fsp3) is 0.0417. The Balaban J connectivity index is 1.62. The van der Waals surface area contributed by atoms with Crippen LogP contribution in [0.1, 0.15) is 17.0 Å². The van der Waals surface area contributed by atoms with Crippen molar-refractivity contribution in [3.8, 4) is 11.8 Å². The summed E-state index contributed by atoms with van der Waals surface area (Å²) >= 11 is 0. The molecule has 0 aliphatic heterocycles. The normalized spacial score (nSPS) is 11.2. The summed E-state index contributed by atoms with van der Waals surface area (Å²) in [6.45, 7) is 0.457. The van der Waals surface area contributed by atoms with Crippen molar-refractivity contribution in [1.82, 2.24) is 9.97 Å². The van der Waals surface area contributed by atoms with E-state index in [1.54, 1.807) is 24.3 Å². The van der Waals surface area contributed by atoms with Crippen LogP contribution in [-0.2, 0) is 6.61 Å². The van der Waals surface area contributed by atoms with E-state index >= 15 is 0 Å². The highest BCUT2D eigenvalue weighted by Crippen LogP contribution is 2.20. The Kier molecular flexibility index (Phi) is 5.17. The minimum absolute atomic E-state index is 0.242. The fourth-order valence-electron chi connectivity index (χ4n) is 2.97. The van der Waals surface area contributed by atoms with Crippen LogP contribution in [-0.4, -0.2) is 9.97 Å². The molecule has 5 heteroatoms. The number of nitriles is 1. The van der Waals surface area contributed by atoms with Gasteiger partial charge in [0.2, 0.25) is 0 Å². The van der Waals surface area contributed by atoms with E-state index in [-0.39, 0.29) is 17.0 Å². The molecule has 0 bridgehead atoms. The van der Waals surface area contributed by atoms with Gasteiger partial charge in [-0.25, -0.2) is 4.98 Å². The predicted octanol–water partition coefficient (Wildman–Crippen LogP) is 4.57. The Morgan fingerprint density at radius 2 is 1.83 bits per heavy atom. The molecule has 4 rings (SSSR count). The second-order valence-corrected chi connectivity index (χ2v) is 6.45. The molecule has 3 aromatic carbocycles. The molecule has 29 heavy (non-hydrogen) atoms. The second-order valence-electron chi connectivity index (χ2n) is 6.45. The highest BCUT2D eigenvalue weighted by molar-refractivity contribution is 5.89. The number of rotatable bonds is 5. The molecule has 5 nitrogen and oxygen atoms in total. The number of para-hydroxylation sites is 1. The van der Waals surface area contributed by atoms with Crippen LogP contribution >= 0.6 is 0 Å². The third-order valence-corrected chi connectivity index (χ3v) is 4.41. The number of nitrogens with one attached hydrogen (secondary N) is 1. The molecule has 0 amide bonds. The summed E-state index contributed by atoms with van der Waals surface area (Å²) in [5.41, 5.74) is 2.40. The van der Waals surface area contributed by atoms with Crippen molar-refractivity contribution in [3.63, 3.8) is 0 Å². The van der Waals surface area contributed by atoms with Gasteiger partial charge in [0.1, 0.15) is 18.4 Å². The second kappa shape index (κ2) is 8.24. The number of aromatic nitrogens is 2. The summed E-state index contributed by atoms with van der Waals surface area (Å²) in [5, 5.41) is 10.1. The van der Waals surface area contributed by atoms with Crippen LogP contribution in [0.25, 0.3) is 22.6 Å². The van der Waals surface area contributed by atoms with Crippen LogP contribution in [0.5, 0.6) is 5.75 Å². The zero-order valence-electron chi connectivity index (χ0n) is 15.5. The molecule has 0 unspecified atom stereocenters. The van der Waals surface area contributed by atoms with Gasteiger partial charge in [0.15, 0.2) is 5.82 Å². The van der Waals surface area contributed by atoms with Gasteiger partial charge in [-0.05, 0) is 41.5 Å². The van der Waals surface area contributed by atoms with E-state index in [1.807, 2.05) is 60.7 Å². The van der Waals surface area contributed by atoms with E-state index in [2.05, 4.69) is 16.0 Å². The number of hydrogen-bond donors (Lipinski definition) is 1. The van der Waals surface area contributed by atoms with Gasteiger partial charge >= 0.3 is 0 Å². The Labute approximate surface area is 167 Å². The summed E-state index contributed by atoms with van der Waals surface area (Å²) in [5.74, 6) is 0.937. The molecule has 1 heterocycles. The van der Waals surface area contributed by atoms with Crippen molar-refractivity contribution in [2.45, 2.75) is 6.61 Å². The molecular weight excluding hydrogens is 362 g/mol. The lowest BCUT2D eigenvalue weighted by Crippen LogP contribution is -2.11. The van der Waals surface area contributed by atoms with Crippen LogP contribution in [0.3, 0.4) is 0 Å². The van der Waals surface area contributed by atoms with E-state index in [9.17, 15) is 10.1 Å². The van der Waals surface area contributed by atoms with Gasteiger partial charge in [0, 0.05) is 0 Å². The molecule has 0 fully saturated rings. The summed E-state index contributed by atoms with van der Waals surface area (Å²) in [6, 6.07) is 26.5. The fourth-order valence-corrected chi connectivity index (χ4v) is 2.97. The van der Waals surface area contributed by atoms with Gasteiger partial charge in [-0.3, -0.25) is 4.79 Å². The molecule has 1 N–H and O–H groups in total. The van der Waals surface area contributed by atoms with Crippen molar-refractivity contribution in [2.75, 3.05) is 0 Å². The zero-order chi connectivity index (χ0) is 20.1. The average molecular weight is 379 g/mol. The largest absolute Gasteiger partial charge is 0.489 e. The molecule has 0 saturated carbocycles. The molecular formula is C24H17N3O2. The maximum Gasteiger partial charge on any atom is 0.259 e. The van der Waals surface area contributed by atoms with Gasteiger partial charge in [0.25, 0.3) is 5.56 Å². The van der Waals surface area contributed by atoms with E-state index in [0.717, 1.165) is 11.1 Å². The molecule has 1 aromatic heterocycles. The van der Waals surface area contributed by atoms with E-state index in [0.29, 0.717) is 23.3 Å². The summed E-state index contributed by atoms with van der Waals surface area (Å²) in [6.07, 6.45) is 1.68. The predicted molar refractivity (Wildman–Crippen MR) is 113 cm³/mol. The molecule has 0 spiro atoms. The van der Waals surface area contributed by atoms with Gasteiger partial charge in [-0.2, -0.15) is 5.26 Å². The van der Waals surface area contributed by atoms with Gasteiger partial charge in [0.05, 0.1) is 16.5 Å². The topological polar surface area (TPSA) is 78.8 Å². The van der Waals surface area contributed by atoms with Crippen LogP contribution < -0.4 is 10.3 Å². The Morgan fingerprint density at radius 1 is 1.03 bits per heavy atom. The summed E-state index contributed by atoms with van der Waals surface area (Å²) in [4.78, 5) is 19.4. The van der Waals surface area contributed by atoms with E-state index in [4.69, 9.17) is 4.74 Å². The first kappa shape index (κ1) is 18.2. The van der Waals surface area contributed by atoms with Crippen LogP contribution in [0.15, 0.2) is 83.7 Å². The SMILES string of the molecule is N#CC(=Cc1cccc(OCc2ccccc2)c1)c1nc2ccccc2c(=O)[nH]1. The zero-order valence-corrected chi connectivity index (χ0v) is 15.5. The molecule has 0 aliphatic rings. The number of H-pyrrole nitrogens is 1. The van der Waals surface area contributed by atoms with Crippen LogP contribution in [0.4, 0.5) is 0 Å². The minimum Gasteiger partial charge on any atom is -0.489 e. The van der Waals surface area contributed by atoms with E-state index in [1.165, 1.54) is 0 Å². The highest BCUT2D eigenvalue weighted by Gasteiger charge is 2.08. The minimum atomic E-state index is -0.272. The maximum atomic E-state index is 12.3. The van der Waals surface area contributed by atoms with Crippen LogP contribution in [0, 0.1) is 11.3 Å². The monoisotopic (exact) mass is 379 g/mol. The molecule has 140 valence electrons. The number of fused-ring (bicyclic) bond motifs is 1. The molecule has 4 aromatic rings. The lowest BCUT2D eigenvalue weighted by Gasteiger charge is -2.07.